The Morgan fingerprint density at radius 1 is 0.947 bits per heavy atom. The van der Waals surface area contributed by atoms with Gasteiger partial charge in [0.1, 0.15) is 0 Å². The first-order valence-electron chi connectivity index (χ1n) is 5.27. The Hall–Kier alpha value is -2.38. The summed E-state index contributed by atoms with van der Waals surface area (Å²) in [6.45, 7) is 0. The summed E-state index contributed by atoms with van der Waals surface area (Å²) in [7, 11) is 0. The van der Waals surface area contributed by atoms with Gasteiger partial charge in [-0.2, -0.15) is 0 Å². The van der Waals surface area contributed by atoms with E-state index in [1.165, 1.54) is 10.9 Å². The number of hydrogen-bond acceptors (Lipinski definition) is 4. The fourth-order valence-corrected chi connectivity index (χ4v) is 1.27. The zero-order chi connectivity index (χ0) is 14.4. The first-order chi connectivity index (χ1) is 8.93. The van der Waals surface area contributed by atoms with E-state index in [2.05, 4.69) is 23.2 Å². The quantitative estimate of drug-likeness (QED) is 0.534. The van der Waals surface area contributed by atoms with Gasteiger partial charge in [0, 0.05) is 11.7 Å². The molecular formula is C12H13NO6. The summed E-state index contributed by atoms with van der Waals surface area (Å²) < 4.78 is 0. The zero-order valence-electron chi connectivity index (χ0n) is 9.72. The molecule has 0 spiro atoms. The van der Waals surface area contributed by atoms with Crippen LogP contribution in [-0.2, 0) is 9.59 Å². The highest BCUT2D eigenvalue weighted by atomic mass is 16.4. The minimum absolute atomic E-state index is 1.21. The lowest BCUT2D eigenvalue weighted by molar-refractivity contribution is -0.165. The number of para-hydroxylation sites is 1. The van der Waals surface area contributed by atoms with Crippen molar-refractivity contribution >= 4 is 22.8 Å². The molecule has 102 valence electrons. The van der Waals surface area contributed by atoms with Crippen molar-refractivity contribution in [2.24, 2.45) is 0 Å². The fraction of sp³-hybridized carbons (Fsp3) is 0.167. The monoisotopic (exact) mass is 267 g/mol. The van der Waals surface area contributed by atoms with E-state index in [9.17, 15) is 9.59 Å². The van der Waals surface area contributed by atoms with Crippen molar-refractivity contribution in [3.05, 3.63) is 36.5 Å². The van der Waals surface area contributed by atoms with E-state index in [-0.39, 0.29) is 0 Å². The van der Waals surface area contributed by atoms with Gasteiger partial charge >= 0.3 is 11.9 Å². The van der Waals surface area contributed by atoms with Gasteiger partial charge in [-0.3, -0.25) is 0 Å². The minimum Gasteiger partial charge on any atom is -0.479 e. The number of aliphatic carboxylic acids is 2. The predicted molar refractivity (Wildman–Crippen MR) is 65.6 cm³/mol. The van der Waals surface area contributed by atoms with E-state index < -0.39 is 24.1 Å². The number of H-pyrrole nitrogens is 1. The number of aromatic amines is 1. The number of aromatic nitrogens is 1. The SMILES string of the molecule is O=C(O)[C@H](O)[C@@H](O)C(=O)O.c1ccc2[nH]ccc2c1. The molecular weight excluding hydrogens is 254 g/mol. The summed E-state index contributed by atoms with van der Waals surface area (Å²) in [5, 5.41) is 33.8. The van der Waals surface area contributed by atoms with Gasteiger partial charge in [0.25, 0.3) is 0 Å². The molecule has 7 nitrogen and oxygen atoms in total. The van der Waals surface area contributed by atoms with Crippen LogP contribution in [0.2, 0.25) is 0 Å². The molecule has 0 unspecified atom stereocenters. The van der Waals surface area contributed by atoms with Crippen LogP contribution in [-0.4, -0.2) is 49.6 Å². The normalized spacial score (nSPS) is 13.2. The Morgan fingerprint density at radius 3 is 1.95 bits per heavy atom. The number of carboxylic acid groups (broad SMARTS) is 2. The molecule has 0 aliphatic carbocycles. The van der Waals surface area contributed by atoms with E-state index in [1.54, 1.807) is 0 Å². The number of rotatable bonds is 3. The van der Waals surface area contributed by atoms with Gasteiger partial charge in [0.2, 0.25) is 0 Å². The van der Waals surface area contributed by atoms with Crippen LogP contribution in [0.4, 0.5) is 0 Å². The number of hydrogen-bond donors (Lipinski definition) is 5. The lowest BCUT2D eigenvalue weighted by Gasteiger charge is -2.07. The van der Waals surface area contributed by atoms with Crippen LogP contribution in [0.15, 0.2) is 36.5 Å². The molecule has 0 fully saturated rings. The largest absolute Gasteiger partial charge is 0.479 e. The average molecular weight is 267 g/mol. The lowest BCUT2D eigenvalue weighted by Crippen LogP contribution is -2.39. The molecule has 1 aromatic heterocycles. The number of fused-ring (bicyclic) bond motifs is 1. The van der Waals surface area contributed by atoms with Crippen molar-refractivity contribution in [1.82, 2.24) is 4.98 Å². The lowest BCUT2D eigenvalue weighted by atomic mass is 10.2. The van der Waals surface area contributed by atoms with E-state index in [4.69, 9.17) is 20.4 Å². The molecule has 0 saturated carbocycles. The third kappa shape index (κ3) is 4.09. The van der Waals surface area contributed by atoms with Gasteiger partial charge in [-0.1, -0.05) is 18.2 Å². The molecule has 0 aliphatic heterocycles. The van der Waals surface area contributed by atoms with Gasteiger partial charge < -0.3 is 25.4 Å². The molecule has 0 aliphatic rings. The third-order valence-corrected chi connectivity index (χ3v) is 2.27. The van der Waals surface area contributed by atoms with Crippen molar-refractivity contribution < 1.29 is 30.0 Å². The molecule has 0 bridgehead atoms. The summed E-state index contributed by atoms with van der Waals surface area (Å²) in [6.07, 6.45) is -2.58. The summed E-state index contributed by atoms with van der Waals surface area (Å²) in [6, 6.07) is 10.3. The predicted octanol–water partition coefficient (Wildman–Crippen LogP) is 0.0453. The second-order valence-corrected chi connectivity index (χ2v) is 3.63. The van der Waals surface area contributed by atoms with Gasteiger partial charge in [-0.15, -0.1) is 0 Å². The summed E-state index contributed by atoms with van der Waals surface area (Å²) in [5.41, 5.74) is 1.21. The van der Waals surface area contributed by atoms with Crippen molar-refractivity contribution in [3.8, 4) is 0 Å². The molecule has 1 heterocycles. The van der Waals surface area contributed by atoms with Gasteiger partial charge in [-0.05, 0) is 17.5 Å². The van der Waals surface area contributed by atoms with Crippen LogP contribution in [0.25, 0.3) is 10.9 Å². The van der Waals surface area contributed by atoms with E-state index in [1.807, 2.05) is 18.3 Å². The van der Waals surface area contributed by atoms with Gasteiger partial charge in [-0.25, -0.2) is 9.59 Å². The Balaban J connectivity index is 0.000000190. The van der Waals surface area contributed by atoms with Crippen LogP contribution in [0, 0.1) is 0 Å². The first-order valence-corrected chi connectivity index (χ1v) is 5.27. The number of carbonyl (C=O) groups is 2. The summed E-state index contributed by atoms with van der Waals surface area (Å²) in [4.78, 5) is 22.7. The molecule has 2 rings (SSSR count). The molecule has 1 aromatic carbocycles. The first kappa shape index (κ1) is 14.7. The maximum Gasteiger partial charge on any atom is 0.335 e. The van der Waals surface area contributed by atoms with Gasteiger partial charge in [0.05, 0.1) is 0 Å². The zero-order valence-corrected chi connectivity index (χ0v) is 9.72. The van der Waals surface area contributed by atoms with Crippen molar-refractivity contribution in [3.63, 3.8) is 0 Å². The molecule has 0 radical (unpaired) electrons. The Bertz CT molecular complexity index is 516. The number of nitrogens with one attached hydrogen (secondary N) is 1. The number of aliphatic hydroxyl groups is 2. The Kier molecular flexibility index (Phi) is 5.04. The topological polar surface area (TPSA) is 131 Å². The molecule has 5 N–H and O–H groups in total. The molecule has 2 atom stereocenters. The summed E-state index contributed by atoms with van der Waals surface area (Å²) >= 11 is 0. The van der Waals surface area contributed by atoms with E-state index in [0.717, 1.165) is 0 Å². The van der Waals surface area contributed by atoms with Crippen LogP contribution in [0.3, 0.4) is 0 Å². The number of benzene rings is 1. The second-order valence-electron chi connectivity index (χ2n) is 3.63. The van der Waals surface area contributed by atoms with Crippen LogP contribution in [0.5, 0.6) is 0 Å². The highest BCUT2D eigenvalue weighted by Gasteiger charge is 2.29. The Morgan fingerprint density at radius 2 is 1.47 bits per heavy atom. The molecule has 0 amide bonds. The standard InChI is InChI=1S/C8H7N.C4H6O6/c1-2-4-8-7(3-1)5-6-9-8;5-1(3(7)8)2(6)4(9)10/h1-6,9H;1-2,5-6H,(H,7,8)(H,9,10)/t;1-,2-/m.1/s1. The smallest absolute Gasteiger partial charge is 0.335 e. The highest BCUT2D eigenvalue weighted by Crippen LogP contribution is 2.09. The van der Waals surface area contributed by atoms with Crippen molar-refractivity contribution in [2.45, 2.75) is 12.2 Å². The molecule has 19 heavy (non-hydrogen) atoms. The minimum atomic E-state index is -2.27. The van der Waals surface area contributed by atoms with Crippen LogP contribution >= 0.6 is 0 Å². The number of aliphatic hydroxyl groups excluding tert-OH is 2. The molecule has 0 saturated heterocycles. The van der Waals surface area contributed by atoms with Crippen molar-refractivity contribution in [2.75, 3.05) is 0 Å². The van der Waals surface area contributed by atoms with Crippen LogP contribution in [0.1, 0.15) is 0 Å². The second kappa shape index (κ2) is 6.53. The Labute approximate surface area is 107 Å². The number of carboxylic acids is 2. The molecule has 7 heteroatoms. The fourth-order valence-electron chi connectivity index (χ4n) is 1.27. The maximum absolute atomic E-state index is 9.77. The van der Waals surface area contributed by atoms with Crippen molar-refractivity contribution in [1.29, 1.82) is 0 Å². The van der Waals surface area contributed by atoms with E-state index in [0.29, 0.717) is 0 Å². The molecule has 2 aromatic rings. The third-order valence-electron chi connectivity index (χ3n) is 2.27. The average Bonchev–Trinajstić information content (AvgIpc) is 2.85. The van der Waals surface area contributed by atoms with Gasteiger partial charge in [0.15, 0.2) is 12.2 Å². The van der Waals surface area contributed by atoms with E-state index >= 15 is 0 Å². The maximum atomic E-state index is 9.77. The highest BCUT2D eigenvalue weighted by molar-refractivity contribution is 5.83. The summed E-state index contributed by atoms with van der Waals surface area (Å²) in [5.74, 6) is -3.54. The van der Waals surface area contributed by atoms with Crippen LogP contribution < -0.4 is 0 Å².